The highest BCUT2D eigenvalue weighted by molar-refractivity contribution is 5.98. The van der Waals surface area contributed by atoms with Crippen LogP contribution < -0.4 is 0 Å². The standard InChI is InChI=1S/C11H14O2/c12-8-6-10-3-1-4-11(10,7-8)9(13)2-5-10/h1-7H2/t10-,11-/m1/s1. The van der Waals surface area contributed by atoms with Gasteiger partial charge in [0.2, 0.25) is 0 Å². The summed E-state index contributed by atoms with van der Waals surface area (Å²) in [6.07, 6.45) is 6.32. The molecule has 0 aromatic heterocycles. The molecule has 0 heterocycles. The van der Waals surface area contributed by atoms with Crippen LogP contribution >= 0.6 is 0 Å². The van der Waals surface area contributed by atoms with Gasteiger partial charge < -0.3 is 0 Å². The highest BCUT2D eigenvalue weighted by Crippen LogP contribution is 2.68. The summed E-state index contributed by atoms with van der Waals surface area (Å²) in [6, 6.07) is 0. The van der Waals surface area contributed by atoms with Crippen LogP contribution in [-0.2, 0) is 9.59 Å². The van der Waals surface area contributed by atoms with E-state index >= 15 is 0 Å². The Balaban J connectivity index is 2.14. The van der Waals surface area contributed by atoms with Crippen molar-refractivity contribution >= 4 is 11.6 Å². The number of Topliss-reactive ketones (excluding diaryl/α,β-unsaturated/α-hetero) is 2. The molecule has 0 amide bonds. The van der Waals surface area contributed by atoms with Crippen LogP contribution in [0.3, 0.4) is 0 Å². The molecule has 0 unspecified atom stereocenters. The summed E-state index contributed by atoms with van der Waals surface area (Å²) in [7, 11) is 0. The van der Waals surface area contributed by atoms with Gasteiger partial charge in [0.25, 0.3) is 0 Å². The largest absolute Gasteiger partial charge is 0.300 e. The van der Waals surface area contributed by atoms with Gasteiger partial charge in [-0.25, -0.2) is 0 Å². The molecule has 0 radical (unpaired) electrons. The lowest BCUT2D eigenvalue weighted by molar-refractivity contribution is -0.129. The van der Waals surface area contributed by atoms with Gasteiger partial charge in [0.05, 0.1) is 0 Å². The van der Waals surface area contributed by atoms with E-state index in [4.69, 9.17) is 0 Å². The van der Waals surface area contributed by atoms with Gasteiger partial charge in [-0.15, -0.1) is 0 Å². The Morgan fingerprint density at radius 2 is 1.85 bits per heavy atom. The first-order valence-corrected chi connectivity index (χ1v) is 5.24. The second kappa shape index (κ2) is 2.05. The van der Waals surface area contributed by atoms with E-state index in [2.05, 4.69) is 0 Å². The third kappa shape index (κ3) is 0.673. The molecule has 13 heavy (non-hydrogen) atoms. The first-order chi connectivity index (χ1) is 6.19. The third-order valence-corrected chi connectivity index (χ3v) is 4.67. The smallest absolute Gasteiger partial charge is 0.140 e. The molecule has 0 aromatic rings. The third-order valence-electron chi connectivity index (χ3n) is 4.67. The fourth-order valence-corrected chi connectivity index (χ4v) is 4.12. The van der Waals surface area contributed by atoms with E-state index in [9.17, 15) is 9.59 Å². The lowest BCUT2D eigenvalue weighted by Crippen LogP contribution is -2.31. The Labute approximate surface area is 77.7 Å². The van der Waals surface area contributed by atoms with Gasteiger partial charge >= 0.3 is 0 Å². The van der Waals surface area contributed by atoms with Crippen molar-refractivity contribution in [2.24, 2.45) is 10.8 Å². The van der Waals surface area contributed by atoms with Gasteiger partial charge in [0, 0.05) is 24.7 Å². The minimum Gasteiger partial charge on any atom is -0.300 e. The maximum absolute atomic E-state index is 11.8. The number of hydrogen-bond acceptors (Lipinski definition) is 2. The van der Waals surface area contributed by atoms with Crippen molar-refractivity contribution in [1.82, 2.24) is 0 Å². The molecule has 0 bridgehead atoms. The molecule has 70 valence electrons. The molecule has 0 saturated heterocycles. The number of rotatable bonds is 0. The van der Waals surface area contributed by atoms with E-state index in [-0.39, 0.29) is 10.8 Å². The topological polar surface area (TPSA) is 34.1 Å². The van der Waals surface area contributed by atoms with Crippen molar-refractivity contribution in [2.45, 2.75) is 44.9 Å². The van der Waals surface area contributed by atoms with E-state index < -0.39 is 0 Å². The summed E-state index contributed by atoms with van der Waals surface area (Å²) in [6.45, 7) is 0. The summed E-state index contributed by atoms with van der Waals surface area (Å²) < 4.78 is 0. The van der Waals surface area contributed by atoms with Crippen LogP contribution in [0.25, 0.3) is 0 Å². The Kier molecular flexibility index (Phi) is 1.21. The Bertz CT molecular complexity index is 307. The lowest BCUT2D eigenvalue weighted by Gasteiger charge is -2.30. The SMILES string of the molecule is O=C1C[C@]23CCC[C@@]2(C1)C(=O)CC3. The Morgan fingerprint density at radius 3 is 2.62 bits per heavy atom. The van der Waals surface area contributed by atoms with Gasteiger partial charge in [-0.2, -0.15) is 0 Å². The zero-order chi connectivity index (χ0) is 9.10. The molecule has 3 rings (SSSR count). The molecule has 0 aromatic carbocycles. The molecule has 2 atom stereocenters. The molecular formula is C11H14O2. The maximum atomic E-state index is 11.8. The predicted molar refractivity (Wildman–Crippen MR) is 47.2 cm³/mol. The van der Waals surface area contributed by atoms with Crippen LogP contribution in [-0.4, -0.2) is 11.6 Å². The number of carbonyl (C=O) groups excluding carboxylic acids is 2. The molecule has 3 aliphatic carbocycles. The molecule has 0 N–H and O–H groups in total. The van der Waals surface area contributed by atoms with Crippen molar-refractivity contribution in [2.75, 3.05) is 0 Å². The van der Waals surface area contributed by atoms with Crippen molar-refractivity contribution in [3.8, 4) is 0 Å². The number of carbonyl (C=O) groups is 2. The van der Waals surface area contributed by atoms with Crippen LogP contribution in [0.15, 0.2) is 0 Å². The second-order valence-electron chi connectivity index (χ2n) is 5.03. The molecule has 0 spiro atoms. The van der Waals surface area contributed by atoms with Gasteiger partial charge in [0.1, 0.15) is 11.6 Å². The Morgan fingerprint density at radius 1 is 1.00 bits per heavy atom. The molecule has 3 fully saturated rings. The highest BCUT2D eigenvalue weighted by Gasteiger charge is 2.66. The molecule has 3 aliphatic rings. The van der Waals surface area contributed by atoms with Crippen LogP contribution in [0, 0.1) is 10.8 Å². The van der Waals surface area contributed by atoms with E-state index in [1.165, 1.54) is 6.42 Å². The fraction of sp³-hybridized carbons (Fsp3) is 0.818. The van der Waals surface area contributed by atoms with Crippen LogP contribution in [0.2, 0.25) is 0 Å². The van der Waals surface area contributed by atoms with Gasteiger partial charge in [-0.1, -0.05) is 6.42 Å². The summed E-state index contributed by atoms with van der Waals surface area (Å²) in [5.74, 6) is 0.739. The van der Waals surface area contributed by atoms with Gasteiger partial charge in [0.15, 0.2) is 0 Å². The van der Waals surface area contributed by atoms with E-state index in [0.717, 1.165) is 25.7 Å². The Hall–Kier alpha value is -0.660. The lowest BCUT2D eigenvalue weighted by atomic mass is 9.70. The second-order valence-corrected chi connectivity index (χ2v) is 5.03. The van der Waals surface area contributed by atoms with Gasteiger partial charge in [-0.05, 0) is 24.7 Å². The van der Waals surface area contributed by atoms with Crippen molar-refractivity contribution in [3.05, 3.63) is 0 Å². The maximum Gasteiger partial charge on any atom is 0.140 e. The molecular weight excluding hydrogens is 164 g/mol. The molecule has 2 heteroatoms. The van der Waals surface area contributed by atoms with Crippen molar-refractivity contribution < 1.29 is 9.59 Å². The zero-order valence-electron chi connectivity index (χ0n) is 7.77. The van der Waals surface area contributed by atoms with Crippen molar-refractivity contribution in [3.63, 3.8) is 0 Å². The van der Waals surface area contributed by atoms with Crippen molar-refractivity contribution in [1.29, 1.82) is 0 Å². The fourth-order valence-electron chi connectivity index (χ4n) is 4.12. The average molecular weight is 178 g/mol. The summed E-state index contributed by atoms with van der Waals surface area (Å²) in [5, 5.41) is 0. The average Bonchev–Trinajstić information content (AvgIpc) is 2.58. The summed E-state index contributed by atoms with van der Waals surface area (Å²) in [5.41, 5.74) is -0.0226. The van der Waals surface area contributed by atoms with Crippen LogP contribution in [0.4, 0.5) is 0 Å². The summed E-state index contributed by atoms with van der Waals surface area (Å²) >= 11 is 0. The van der Waals surface area contributed by atoms with E-state index in [1.807, 2.05) is 0 Å². The molecule has 0 aliphatic heterocycles. The van der Waals surface area contributed by atoms with E-state index in [0.29, 0.717) is 24.4 Å². The minimum absolute atomic E-state index is 0.140. The predicted octanol–water partition coefficient (Wildman–Crippen LogP) is 1.87. The number of hydrogen-bond donors (Lipinski definition) is 0. The highest BCUT2D eigenvalue weighted by atomic mass is 16.1. The summed E-state index contributed by atoms with van der Waals surface area (Å²) in [4.78, 5) is 23.3. The molecule has 3 saturated carbocycles. The quantitative estimate of drug-likeness (QED) is 0.567. The van der Waals surface area contributed by atoms with Gasteiger partial charge in [-0.3, -0.25) is 9.59 Å². The monoisotopic (exact) mass is 178 g/mol. The number of ketones is 2. The normalized spacial score (nSPS) is 48.3. The van der Waals surface area contributed by atoms with Crippen LogP contribution in [0.5, 0.6) is 0 Å². The first kappa shape index (κ1) is 7.72. The first-order valence-electron chi connectivity index (χ1n) is 5.24. The zero-order valence-corrected chi connectivity index (χ0v) is 7.77. The van der Waals surface area contributed by atoms with E-state index in [1.54, 1.807) is 0 Å². The minimum atomic E-state index is -0.163. The molecule has 2 nitrogen and oxygen atoms in total. The van der Waals surface area contributed by atoms with Crippen LogP contribution in [0.1, 0.15) is 44.9 Å².